The third-order valence-electron chi connectivity index (χ3n) is 5.09. The van der Waals surface area contributed by atoms with Crippen LogP contribution in [0.25, 0.3) is 0 Å². The first-order chi connectivity index (χ1) is 11.5. The molecule has 2 saturated heterocycles. The van der Waals surface area contributed by atoms with Crippen LogP contribution in [0, 0.1) is 5.92 Å². The predicted octanol–water partition coefficient (Wildman–Crippen LogP) is -0.376. The van der Waals surface area contributed by atoms with Gasteiger partial charge in [-0.25, -0.2) is 0 Å². The van der Waals surface area contributed by atoms with Crippen molar-refractivity contribution in [3.05, 3.63) is 0 Å². The van der Waals surface area contributed by atoms with Crippen LogP contribution in [0.4, 0.5) is 0 Å². The quantitative estimate of drug-likeness (QED) is 0.640. The lowest BCUT2D eigenvalue weighted by atomic mass is 10.0. The highest BCUT2D eigenvalue weighted by molar-refractivity contribution is 5.78. The molecule has 0 aromatic carbocycles. The van der Waals surface area contributed by atoms with Gasteiger partial charge in [0.05, 0.1) is 6.54 Å². The van der Waals surface area contributed by atoms with E-state index in [9.17, 15) is 9.59 Å². The van der Waals surface area contributed by atoms with Crippen LogP contribution in [0.1, 0.15) is 20.3 Å². The lowest BCUT2D eigenvalue weighted by molar-refractivity contribution is -0.131. The van der Waals surface area contributed by atoms with Crippen LogP contribution >= 0.6 is 0 Å². The zero-order valence-electron chi connectivity index (χ0n) is 15.3. The number of nitrogens with zero attached hydrogens (tertiary/aromatic N) is 3. The van der Waals surface area contributed by atoms with Crippen LogP contribution in [-0.4, -0.2) is 98.6 Å². The average Bonchev–Trinajstić information content (AvgIpc) is 2.92. The Bertz CT molecular complexity index is 424. The summed E-state index contributed by atoms with van der Waals surface area (Å²) in [7, 11) is 1.67. The Morgan fingerprint density at radius 1 is 1.17 bits per heavy atom. The number of rotatable bonds is 7. The number of methoxy groups -OCH3 is 1. The number of likely N-dealkylation sites (tertiary alicyclic amines) is 1. The number of carbonyl (C=O) groups is 2. The van der Waals surface area contributed by atoms with Crippen LogP contribution in [-0.2, 0) is 14.3 Å². The fourth-order valence-electron chi connectivity index (χ4n) is 3.72. The van der Waals surface area contributed by atoms with Crippen molar-refractivity contribution in [2.45, 2.75) is 26.3 Å². The number of amides is 2. The molecule has 0 aromatic heterocycles. The molecular formula is C17H32N4O3. The van der Waals surface area contributed by atoms with E-state index in [0.29, 0.717) is 31.7 Å². The zero-order chi connectivity index (χ0) is 17.5. The maximum absolute atomic E-state index is 12.0. The number of piperazine rings is 1. The van der Waals surface area contributed by atoms with Crippen LogP contribution < -0.4 is 5.32 Å². The van der Waals surface area contributed by atoms with E-state index in [-0.39, 0.29) is 11.8 Å². The monoisotopic (exact) mass is 340 g/mol. The molecule has 7 heteroatoms. The number of hydrogen-bond acceptors (Lipinski definition) is 5. The largest absolute Gasteiger partial charge is 0.385 e. The van der Waals surface area contributed by atoms with Crippen molar-refractivity contribution >= 4 is 11.8 Å². The van der Waals surface area contributed by atoms with Crippen molar-refractivity contribution in [2.75, 3.05) is 66.1 Å². The summed E-state index contributed by atoms with van der Waals surface area (Å²) >= 11 is 0. The highest BCUT2D eigenvalue weighted by Gasteiger charge is 2.35. The topological polar surface area (TPSA) is 65.1 Å². The van der Waals surface area contributed by atoms with Gasteiger partial charge < -0.3 is 15.0 Å². The highest BCUT2D eigenvalue weighted by atomic mass is 16.5. The van der Waals surface area contributed by atoms with Gasteiger partial charge in [0.25, 0.3) is 0 Å². The minimum Gasteiger partial charge on any atom is -0.385 e. The second kappa shape index (κ2) is 9.34. The fraction of sp³-hybridized carbons (Fsp3) is 0.882. The summed E-state index contributed by atoms with van der Waals surface area (Å²) in [5.74, 6) is 0.816. The van der Waals surface area contributed by atoms with Crippen molar-refractivity contribution in [3.63, 3.8) is 0 Å². The molecule has 2 heterocycles. The third-order valence-corrected chi connectivity index (χ3v) is 5.09. The van der Waals surface area contributed by atoms with Crippen molar-refractivity contribution < 1.29 is 14.3 Å². The molecule has 2 atom stereocenters. The molecule has 2 aliphatic heterocycles. The third kappa shape index (κ3) is 5.43. The van der Waals surface area contributed by atoms with Crippen molar-refractivity contribution in [1.29, 1.82) is 0 Å². The highest BCUT2D eigenvalue weighted by Crippen LogP contribution is 2.22. The Hall–Kier alpha value is -1.18. The van der Waals surface area contributed by atoms with Gasteiger partial charge in [0.1, 0.15) is 0 Å². The molecule has 2 unspecified atom stereocenters. The average molecular weight is 340 g/mol. The molecule has 0 aromatic rings. The lowest BCUT2D eigenvalue weighted by Crippen LogP contribution is -2.53. The van der Waals surface area contributed by atoms with Gasteiger partial charge in [-0.1, -0.05) is 6.92 Å². The summed E-state index contributed by atoms with van der Waals surface area (Å²) in [6, 6.07) is 0.486. The van der Waals surface area contributed by atoms with Gasteiger partial charge in [-0.05, 0) is 12.3 Å². The van der Waals surface area contributed by atoms with E-state index < -0.39 is 0 Å². The van der Waals surface area contributed by atoms with Gasteiger partial charge in [-0.2, -0.15) is 0 Å². The molecule has 24 heavy (non-hydrogen) atoms. The van der Waals surface area contributed by atoms with Gasteiger partial charge in [0.2, 0.25) is 11.8 Å². The van der Waals surface area contributed by atoms with E-state index >= 15 is 0 Å². The maximum atomic E-state index is 12.0. The summed E-state index contributed by atoms with van der Waals surface area (Å²) in [6.45, 7) is 11.1. The molecule has 0 radical (unpaired) electrons. The molecule has 0 saturated carbocycles. The summed E-state index contributed by atoms with van der Waals surface area (Å²) in [4.78, 5) is 30.1. The van der Waals surface area contributed by atoms with E-state index in [1.165, 1.54) is 0 Å². The standard InChI is InChI=1S/C17H32N4O3/c1-14-11-19(13-17(23)18-5-4-10-24-3)12-16(14)21-8-6-20(7-9-21)15(2)22/h14,16H,4-13H2,1-3H3,(H,18,23). The fourth-order valence-corrected chi connectivity index (χ4v) is 3.72. The second-order valence-electron chi connectivity index (χ2n) is 6.98. The SMILES string of the molecule is COCCCNC(=O)CN1CC(C)C(N2CCN(C(C)=O)CC2)C1. The van der Waals surface area contributed by atoms with Crippen LogP contribution in [0.3, 0.4) is 0 Å². The Labute approximate surface area is 145 Å². The summed E-state index contributed by atoms with van der Waals surface area (Å²) < 4.78 is 4.98. The van der Waals surface area contributed by atoms with Crippen molar-refractivity contribution in [3.8, 4) is 0 Å². The minimum absolute atomic E-state index is 0.0975. The van der Waals surface area contributed by atoms with Crippen molar-refractivity contribution in [1.82, 2.24) is 20.0 Å². The molecule has 0 aliphatic carbocycles. The van der Waals surface area contributed by atoms with E-state index in [0.717, 1.165) is 45.7 Å². The number of carbonyl (C=O) groups excluding carboxylic acids is 2. The molecule has 2 amide bonds. The molecule has 138 valence electrons. The molecule has 1 N–H and O–H groups in total. The van der Waals surface area contributed by atoms with E-state index in [4.69, 9.17) is 4.74 Å². The lowest BCUT2D eigenvalue weighted by Gasteiger charge is -2.39. The van der Waals surface area contributed by atoms with Crippen LogP contribution in [0.5, 0.6) is 0 Å². The smallest absolute Gasteiger partial charge is 0.234 e. The first kappa shape index (κ1) is 19.1. The summed E-state index contributed by atoms with van der Waals surface area (Å²) in [5, 5.41) is 2.95. The molecule has 7 nitrogen and oxygen atoms in total. The molecule has 2 rings (SSSR count). The van der Waals surface area contributed by atoms with Gasteiger partial charge in [-0.15, -0.1) is 0 Å². The van der Waals surface area contributed by atoms with Gasteiger partial charge in [-0.3, -0.25) is 19.4 Å². The maximum Gasteiger partial charge on any atom is 0.234 e. The first-order valence-electron chi connectivity index (χ1n) is 8.98. The van der Waals surface area contributed by atoms with E-state index in [1.807, 2.05) is 4.90 Å². The molecular weight excluding hydrogens is 308 g/mol. The van der Waals surface area contributed by atoms with E-state index in [2.05, 4.69) is 22.0 Å². The van der Waals surface area contributed by atoms with Crippen LogP contribution in [0.2, 0.25) is 0 Å². The van der Waals surface area contributed by atoms with Crippen LogP contribution in [0.15, 0.2) is 0 Å². The second-order valence-corrected chi connectivity index (χ2v) is 6.98. The van der Waals surface area contributed by atoms with Gasteiger partial charge in [0, 0.05) is 72.5 Å². The predicted molar refractivity (Wildman–Crippen MR) is 92.7 cm³/mol. The summed E-state index contributed by atoms with van der Waals surface area (Å²) in [5.41, 5.74) is 0. The van der Waals surface area contributed by atoms with Crippen molar-refractivity contribution in [2.24, 2.45) is 5.92 Å². The number of hydrogen-bond donors (Lipinski definition) is 1. The Kier molecular flexibility index (Phi) is 7.45. The first-order valence-corrected chi connectivity index (χ1v) is 8.98. The Balaban J connectivity index is 1.72. The normalized spacial score (nSPS) is 25.9. The number of ether oxygens (including phenoxy) is 1. The molecule has 0 bridgehead atoms. The molecule has 2 fully saturated rings. The van der Waals surface area contributed by atoms with Gasteiger partial charge in [0.15, 0.2) is 0 Å². The molecule has 0 spiro atoms. The van der Waals surface area contributed by atoms with E-state index in [1.54, 1.807) is 14.0 Å². The zero-order valence-corrected chi connectivity index (χ0v) is 15.3. The number of nitrogens with one attached hydrogen (secondary N) is 1. The Morgan fingerprint density at radius 3 is 2.50 bits per heavy atom. The Morgan fingerprint density at radius 2 is 1.88 bits per heavy atom. The molecule has 2 aliphatic rings. The van der Waals surface area contributed by atoms with Gasteiger partial charge >= 0.3 is 0 Å². The minimum atomic E-state index is 0.0975. The summed E-state index contributed by atoms with van der Waals surface area (Å²) in [6.07, 6.45) is 0.849.